The van der Waals surface area contributed by atoms with Gasteiger partial charge in [0, 0.05) is 12.3 Å². The van der Waals surface area contributed by atoms with Crippen LogP contribution >= 0.6 is 11.8 Å². The third-order valence-corrected chi connectivity index (χ3v) is 5.05. The van der Waals surface area contributed by atoms with Gasteiger partial charge in [0.25, 0.3) is 5.56 Å². The Kier molecular flexibility index (Phi) is 6.26. The molecule has 0 saturated heterocycles. The molecule has 0 bridgehead atoms. The summed E-state index contributed by atoms with van der Waals surface area (Å²) in [6.45, 7) is 2.60. The lowest BCUT2D eigenvalue weighted by molar-refractivity contribution is -0.116. The topological polar surface area (TPSA) is 93.3 Å². The van der Waals surface area contributed by atoms with Crippen LogP contribution in [-0.4, -0.2) is 35.3 Å². The van der Waals surface area contributed by atoms with E-state index in [4.69, 9.17) is 15.9 Å². The number of fused-ring (bicyclic) bond motifs is 1. The van der Waals surface area contributed by atoms with E-state index in [1.165, 1.54) is 11.8 Å². The van der Waals surface area contributed by atoms with Crippen LogP contribution in [0.25, 0.3) is 0 Å². The predicted molar refractivity (Wildman–Crippen MR) is 108 cm³/mol. The maximum Gasteiger partial charge on any atom is 0.257 e. The van der Waals surface area contributed by atoms with E-state index < -0.39 is 5.92 Å². The van der Waals surface area contributed by atoms with Crippen molar-refractivity contribution in [3.8, 4) is 23.8 Å². The Bertz CT molecular complexity index is 980. The van der Waals surface area contributed by atoms with Crippen molar-refractivity contribution in [3.63, 3.8) is 0 Å². The van der Waals surface area contributed by atoms with Crippen molar-refractivity contribution >= 4 is 23.5 Å². The van der Waals surface area contributed by atoms with E-state index in [1.807, 2.05) is 13.0 Å². The number of carbonyl (C=O) groups excluding carboxylic acids is 1. The smallest absolute Gasteiger partial charge is 0.257 e. The van der Waals surface area contributed by atoms with E-state index in [2.05, 4.69) is 21.2 Å². The van der Waals surface area contributed by atoms with Crippen LogP contribution in [0.3, 0.4) is 0 Å². The number of amides is 1. The Morgan fingerprint density at radius 3 is 2.89 bits per heavy atom. The Balaban J connectivity index is 2.01. The van der Waals surface area contributed by atoms with Crippen molar-refractivity contribution < 1.29 is 14.3 Å². The van der Waals surface area contributed by atoms with Gasteiger partial charge in [-0.15, -0.1) is 6.42 Å². The summed E-state index contributed by atoms with van der Waals surface area (Å²) in [5, 5.41) is 3.07. The number of nitrogens with one attached hydrogen (secondary N) is 2. The van der Waals surface area contributed by atoms with Crippen molar-refractivity contribution in [3.05, 3.63) is 39.7 Å². The molecule has 2 aromatic rings. The molecule has 1 atom stereocenters. The fourth-order valence-electron chi connectivity index (χ4n) is 3.05. The van der Waals surface area contributed by atoms with Gasteiger partial charge in [0.05, 0.1) is 25.0 Å². The van der Waals surface area contributed by atoms with Crippen molar-refractivity contribution in [2.45, 2.75) is 30.8 Å². The van der Waals surface area contributed by atoms with Crippen molar-refractivity contribution in [2.75, 3.05) is 24.8 Å². The quantitative estimate of drug-likeness (QED) is 0.422. The van der Waals surface area contributed by atoms with Crippen LogP contribution < -0.4 is 20.3 Å². The summed E-state index contributed by atoms with van der Waals surface area (Å²) in [6, 6.07) is 5.45. The normalized spacial score (nSPS) is 15.3. The minimum atomic E-state index is -0.430. The minimum Gasteiger partial charge on any atom is -0.493 e. The van der Waals surface area contributed by atoms with Gasteiger partial charge in [-0.3, -0.25) is 9.59 Å². The molecule has 1 aromatic carbocycles. The molecule has 1 aliphatic heterocycles. The molecule has 2 heterocycles. The predicted octanol–water partition coefficient (Wildman–Crippen LogP) is 2.77. The summed E-state index contributed by atoms with van der Waals surface area (Å²) in [5.41, 5.74) is 0.918. The van der Waals surface area contributed by atoms with Crippen LogP contribution in [0.15, 0.2) is 28.2 Å². The number of anilines is 1. The number of nitrogens with zero attached hydrogens (tertiary/aromatic N) is 1. The largest absolute Gasteiger partial charge is 0.493 e. The number of H-pyrrole nitrogens is 1. The standard InChI is InChI=1S/C20H21N3O4S/c1-4-8-27-14-7-6-12(10-15(14)26-3)13-11-16(24)21-18-17(13)19(25)23-20(22-18)28-9-5-2/h2,6-7,10,13H,4,8-9,11H2,1,3H3,(H2,21,22,23,24,25). The fourth-order valence-corrected chi connectivity index (χ4v) is 3.59. The molecule has 1 unspecified atom stereocenters. The maximum atomic E-state index is 12.7. The molecule has 0 radical (unpaired) electrons. The number of terminal acetylenes is 1. The molecule has 0 saturated carbocycles. The van der Waals surface area contributed by atoms with Crippen molar-refractivity contribution in [1.82, 2.24) is 9.97 Å². The Labute approximate surface area is 167 Å². The number of hydrogen-bond acceptors (Lipinski definition) is 6. The number of aromatic amines is 1. The number of ether oxygens (including phenoxy) is 2. The zero-order chi connectivity index (χ0) is 20.1. The zero-order valence-electron chi connectivity index (χ0n) is 15.7. The number of carbonyl (C=O) groups is 1. The highest BCUT2D eigenvalue weighted by Crippen LogP contribution is 2.38. The van der Waals surface area contributed by atoms with Gasteiger partial charge in [-0.05, 0) is 24.1 Å². The molecular weight excluding hydrogens is 378 g/mol. The van der Waals surface area contributed by atoms with Gasteiger partial charge in [0.15, 0.2) is 16.7 Å². The lowest BCUT2D eigenvalue weighted by Crippen LogP contribution is -2.31. The van der Waals surface area contributed by atoms with Crippen LogP contribution in [0.2, 0.25) is 0 Å². The van der Waals surface area contributed by atoms with E-state index >= 15 is 0 Å². The first-order valence-corrected chi connectivity index (χ1v) is 9.87. The first-order chi connectivity index (χ1) is 13.6. The number of benzene rings is 1. The van der Waals surface area contributed by atoms with Gasteiger partial charge in [0.1, 0.15) is 5.82 Å². The Hall–Kier alpha value is -2.92. The van der Waals surface area contributed by atoms with Gasteiger partial charge >= 0.3 is 0 Å². The van der Waals surface area contributed by atoms with Gasteiger partial charge in [-0.25, -0.2) is 4.98 Å². The lowest BCUT2D eigenvalue weighted by Gasteiger charge is -2.25. The first-order valence-electron chi connectivity index (χ1n) is 8.88. The summed E-state index contributed by atoms with van der Waals surface area (Å²) in [5.74, 6) is 3.68. The van der Waals surface area contributed by atoms with Crippen LogP contribution in [0.5, 0.6) is 11.5 Å². The van der Waals surface area contributed by atoms with Crippen molar-refractivity contribution in [1.29, 1.82) is 0 Å². The number of thioether (sulfide) groups is 1. The molecule has 7 nitrogen and oxygen atoms in total. The second-order valence-corrected chi connectivity index (χ2v) is 7.15. The second kappa shape index (κ2) is 8.85. The molecule has 0 aliphatic carbocycles. The zero-order valence-corrected chi connectivity index (χ0v) is 16.5. The van der Waals surface area contributed by atoms with E-state index in [0.29, 0.717) is 34.6 Å². The Morgan fingerprint density at radius 1 is 1.36 bits per heavy atom. The average molecular weight is 399 g/mol. The molecule has 1 aliphatic rings. The minimum absolute atomic E-state index is 0.146. The molecule has 146 valence electrons. The summed E-state index contributed by atoms with van der Waals surface area (Å²) in [7, 11) is 1.56. The van der Waals surface area contributed by atoms with Gasteiger partial charge in [-0.2, -0.15) is 0 Å². The number of hydrogen-bond donors (Lipinski definition) is 2. The molecular formula is C20H21N3O4S. The summed E-state index contributed by atoms with van der Waals surface area (Å²) >= 11 is 1.23. The van der Waals surface area contributed by atoms with E-state index in [-0.39, 0.29) is 23.7 Å². The second-order valence-electron chi connectivity index (χ2n) is 6.19. The summed E-state index contributed by atoms with van der Waals surface area (Å²) in [6.07, 6.45) is 6.28. The summed E-state index contributed by atoms with van der Waals surface area (Å²) < 4.78 is 11.1. The summed E-state index contributed by atoms with van der Waals surface area (Å²) in [4.78, 5) is 32.1. The van der Waals surface area contributed by atoms with Crippen LogP contribution in [0.4, 0.5) is 5.82 Å². The lowest BCUT2D eigenvalue weighted by atomic mass is 9.86. The first kappa shape index (κ1) is 19.8. The molecule has 3 rings (SSSR count). The number of rotatable bonds is 7. The number of methoxy groups -OCH3 is 1. The third-order valence-electron chi connectivity index (χ3n) is 4.27. The average Bonchev–Trinajstić information content (AvgIpc) is 2.69. The van der Waals surface area contributed by atoms with Crippen LogP contribution in [-0.2, 0) is 4.79 Å². The molecule has 0 spiro atoms. The molecule has 28 heavy (non-hydrogen) atoms. The highest BCUT2D eigenvalue weighted by Gasteiger charge is 2.31. The maximum absolute atomic E-state index is 12.7. The molecule has 1 aromatic heterocycles. The van der Waals surface area contributed by atoms with Gasteiger partial charge in [0.2, 0.25) is 5.91 Å². The molecule has 1 amide bonds. The highest BCUT2D eigenvalue weighted by atomic mass is 32.2. The van der Waals surface area contributed by atoms with Crippen molar-refractivity contribution in [2.24, 2.45) is 0 Å². The van der Waals surface area contributed by atoms with E-state index in [1.54, 1.807) is 19.2 Å². The number of aromatic nitrogens is 2. The third kappa shape index (κ3) is 4.15. The van der Waals surface area contributed by atoms with E-state index in [0.717, 1.165) is 12.0 Å². The van der Waals surface area contributed by atoms with Gasteiger partial charge in [-0.1, -0.05) is 30.7 Å². The van der Waals surface area contributed by atoms with E-state index in [9.17, 15) is 9.59 Å². The molecule has 0 fully saturated rings. The molecule has 2 N–H and O–H groups in total. The Morgan fingerprint density at radius 2 is 2.18 bits per heavy atom. The van der Waals surface area contributed by atoms with Crippen LogP contribution in [0.1, 0.15) is 36.8 Å². The monoisotopic (exact) mass is 399 g/mol. The van der Waals surface area contributed by atoms with Crippen LogP contribution in [0, 0.1) is 12.3 Å². The fraction of sp³-hybridized carbons (Fsp3) is 0.350. The highest BCUT2D eigenvalue weighted by molar-refractivity contribution is 7.99. The molecule has 8 heteroatoms. The SMILES string of the molecule is C#CCSc1nc2c(c(=O)[nH]1)C(c1ccc(OCCC)c(OC)c1)CC(=O)N2. The van der Waals surface area contributed by atoms with Gasteiger partial charge < -0.3 is 19.8 Å².